The van der Waals surface area contributed by atoms with Crippen LogP contribution in [0.25, 0.3) is 0 Å². The van der Waals surface area contributed by atoms with Crippen LogP contribution in [0.2, 0.25) is 0 Å². The first kappa shape index (κ1) is 18.0. The summed E-state index contributed by atoms with van der Waals surface area (Å²) in [5.41, 5.74) is 0. The van der Waals surface area contributed by atoms with Crippen LogP contribution < -0.4 is 5.32 Å². The van der Waals surface area contributed by atoms with Gasteiger partial charge in [0.2, 0.25) is 0 Å². The summed E-state index contributed by atoms with van der Waals surface area (Å²) in [4.78, 5) is 9.74. The normalized spacial score (nSPS) is 26.1. The van der Waals surface area contributed by atoms with E-state index < -0.39 is 0 Å². The van der Waals surface area contributed by atoms with E-state index >= 15 is 0 Å². The number of hydrogen-bond donors (Lipinski definition) is 1. The van der Waals surface area contributed by atoms with Crippen LogP contribution in [0, 0.1) is 11.8 Å². The summed E-state index contributed by atoms with van der Waals surface area (Å²) in [5, 5.41) is 3.45. The number of aliphatic imine (C=N–C) groups is 1. The van der Waals surface area contributed by atoms with Crippen molar-refractivity contribution in [1.82, 2.24) is 15.1 Å². The van der Waals surface area contributed by atoms with Crippen molar-refractivity contribution in [3.05, 3.63) is 0 Å². The monoisotopic (exact) mass is 338 g/mol. The number of nitrogens with one attached hydrogen (secondary N) is 1. The minimum absolute atomic E-state index is 0.746. The van der Waals surface area contributed by atoms with Gasteiger partial charge in [-0.2, -0.15) is 0 Å². The fraction of sp³-hybridized carbons (Fsp3) is 0.944. The van der Waals surface area contributed by atoms with Crippen molar-refractivity contribution in [2.24, 2.45) is 16.8 Å². The molecule has 0 spiro atoms. The van der Waals surface area contributed by atoms with Crippen LogP contribution in [0.3, 0.4) is 0 Å². The number of likely N-dealkylation sites (tertiary alicyclic amines) is 1. The van der Waals surface area contributed by atoms with Gasteiger partial charge < -0.3 is 19.7 Å². The van der Waals surface area contributed by atoms with Crippen LogP contribution in [-0.2, 0) is 9.47 Å². The average Bonchev–Trinajstić information content (AvgIpc) is 3.32. The fourth-order valence-electron chi connectivity index (χ4n) is 3.50. The predicted octanol–water partition coefficient (Wildman–Crippen LogP) is 1.03. The van der Waals surface area contributed by atoms with Gasteiger partial charge in [-0.05, 0) is 38.0 Å². The zero-order chi connectivity index (χ0) is 16.6. The maximum Gasteiger partial charge on any atom is 0.194 e. The van der Waals surface area contributed by atoms with Gasteiger partial charge >= 0.3 is 0 Å². The highest BCUT2D eigenvalue weighted by Gasteiger charge is 2.27. The number of guanidine groups is 1. The molecule has 1 aliphatic carbocycles. The van der Waals surface area contributed by atoms with Gasteiger partial charge in [0.05, 0.1) is 26.4 Å². The lowest BCUT2D eigenvalue weighted by atomic mass is 10.1. The molecule has 2 saturated heterocycles. The van der Waals surface area contributed by atoms with Crippen LogP contribution in [-0.4, -0.2) is 88.0 Å². The van der Waals surface area contributed by atoms with Crippen molar-refractivity contribution in [3.8, 4) is 0 Å². The third kappa shape index (κ3) is 5.90. The molecule has 0 aromatic carbocycles. The SMILES string of the molecule is CCNC(=NCCOCC1CC1)N1CCC(CN2CCOCC2)C1. The molecule has 3 rings (SSSR count). The lowest BCUT2D eigenvalue weighted by molar-refractivity contribution is 0.0315. The van der Waals surface area contributed by atoms with Gasteiger partial charge in [-0.1, -0.05) is 0 Å². The molecule has 138 valence electrons. The standard InChI is InChI=1S/C18H34N4O2/c1-2-19-18(20-6-10-24-15-16-3-4-16)22-7-5-17(14-22)13-21-8-11-23-12-9-21/h16-17H,2-15H2,1H3,(H,19,20). The number of morpholine rings is 1. The summed E-state index contributed by atoms with van der Waals surface area (Å²) in [6.45, 7) is 12.9. The van der Waals surface area contributed by atoms with Gasteiger partial charge in [0, 0.05) is 45.9 Å². The molecule has 0 radical (unpaired) electrons. The quantitative estimate of drug-likeness (QED) is 0.407. The minimum atomic E-state index is 0.746. The van der Waals surface area contributed by atoms with Crippen molar-refractivity contribution >= 4 is 5.96 Å². The minimum Gasteiger partial charge on any atom is -0.379 e. The lowest BCUT2D eigenvalue weighted by Gasteiger charge is -2.29. The molecule has 2 heterocycles. The third-order valence-corrected chi connectivity index (χ3v) is 5.09. The average molecular weight is 338 g/mol. The largest absolute Gasteiger partial charge is 0.379 e. The Morgan fingerprint density at radius 2 is 2.00 bits per heavy atom. The first-order chi connectivity index (χ1) is 11.8. The molecule has 2 aliphatic heterocycles. The maximum atomic E-state index is 5.70. The van der Waals surface area contributed by atoms with Gasteiger partial charge in [-0.25, -0.2) is 0 Å². The molecule has 24 heavy (non-hydrogen) atoms. The zero-order valence-electron chi connectivity index (χ0n) is 15.2. The second-order valence-electron chi connectivity index (χ2n) is 7.27. The Hall–Kier alpha value is -0.850. The third-order valence-electron chi connectivity index (χ3n) is 5.09. The first-order valence-electron chi connectivity index (χ1n) is 9.76. The van der Waals surface area contributed by atoms with Gasteiger partial charge in [-0.15, -0.1) is 0 Å². The second kappa shape index (κ2) is 9.59. The van der Waals surface area contributed by atoms with E-state index in [1.165, 1.54) is 25.8 Å². The molecule has 0 amide bonds. The highest BCUT2D eigenvalue weighted by molar-refractivity contribution is 5.80. The van der Waals surface area contributed by atoms with Gasteiger partial charge in [0.15, 0.2) is 5.96 Å². The molecule has 6 heteroatoms. The Bertz CT molecular complexity index is 394. The Morgan fingerprint density at radius 1 is 1.17 bits per heavy atom. The Kier molecular flexibility index (Phi) is 7.17. The van der Waals surface area contributed by atoms with Crippen molar-refractivity contribution in [1.29, 1.82) is 0 Å². The molecule has 1 atom stereocenters. The van der Waals surface area contributed by atoms with Gasteiger partial charge in [-0.3, -0.25) is 9.89 Å². The fourth-order valence-corrected chi connectivity index (χ4v) is 3.50. The molecule has 6 nitrogen and oxygen atoms in total. The maximum absolute atomic E-state index is 5.70. The predicted molar refractivity (Wildman–Crippen MR) is 96.5 cm³/mol. The summed E-state index contributed by atoms with van der Waals surface area (Å²) < 4.78 is 11.1. The van der Waals surface area contributed by atoms with Crippen molar-refractivity contribution in [3.63, 3.8) is 0 Å². The Morgan fingerprint density at radius 3 is 2.75 bits per heavy atom. The zero-order valence-corrected chi connectivity index (χ0v) is 15.2. The highest BCUT2D eigenvalue weighted by Crippen LogP contribution is 2.28. The van der Waals surface area contributed by atoms with Crippen molar-refractivity contribution in [2.75, 3.05) is 72.2 Å². The van der Waals surface area contributed by atoms with E-state index in [1.807, 2.05) is 0 Å². The summed E-state index contributed by atoms with van der Waals surface area (Å²) in [5.74, 6) is 2.65. The molecular weight excluding hydrogens is 304 g/mol. The molecule has 0 bridgehead atoms. The number of rotatable bonds is 8. The van der Waals surface area contributed by atoms with Gasteiger partial charge in [0.1, 0.15) is 0 Å². The molecule has 1 N–H and O–H groups in total. The smallest absolute Gasteiger partial charge is 0.194 e. The molecular formula is C18H34N4O2. The van der Waals surface area contributed by atoms with Crippen molar-refractivity contribution < 1.29 is 9.47 Å². The highest BCUT2D eigenvalue weighted by atomic mass is 16.5. The second-order valence-corrected chi connectivity index (χ2v) is 7.27. The van der Waals surface area contributed by atoms with E-state index in [0.717, 1.165) is 83.5 Å². The topological polar surface area (TPSA) is 49.3 Å². The van der Waals surface area contributed by atoms with Crippen LogP contribution in [0.4, 0.5) is 0 Å². The number of nitrogens with zero attached hydrogens (tertiary/aromatic N) is 3. The van der Waals surface area contributed by atoms with E-state index in [0.29, 0.717) is 0 Å². The summed E-state index contributed by atoms with van der Waals surface area (Å²) in [6, 6.07) is 0. The number of ether oxygens (including phenoxy) is 2. The summed E-state index contributed by atoms with van der Waals surface area (Å²) in [7, 11) is 0. The first-order valence-corrected chi connectivity index (χ1v) is 9.76. The van der Waals surface area contributed by atoms with E-state index in [9.17, 15) is 0 Å². The molecule has 1 saturated carbocycles. The van der Waals surface area contributed by atoms with Crippen LogP contribution in [0.15, 0.2) is 4.99 Å². The van der Waals surface area contributed by atoms with E-state index in [1.54, 1.807) is 0 Å². The van der Waals surface area contributed by atoms with Crippen LogP contribution >= 0.6 is 0 Å². The molecule has 3 aliphatic rings. The van der Waals surface area contributed by atoms with Crippen LogP contribution in [0.5, 0.6) is 0 Å². The van der Waals surface area contributed by atoms with Crippen LogP contribution in [0.1, 0.15) is 26.2 Å². The van der Waals surface area contributed by atoms with E-state index in [-0.39, 0.29) is 0 Å². The summed E-state index contributed by atoms with van der Waals surface area (Å²) >= 11 is 0. The lowest BCUT2D eigenvalue weighted by Crippen LogP contribution is -2.42. The van der Waals surface area contributed by atoms with Crippen molar-refractivity contribution in [2.45, 2.75) is 26.2 Å². The van der Waals surface area contributed by atoms with E-state index in [4.69, 9.17) is 14.5 Å². The molecule has 0 aromatic heterocycles. The Balaban J connectivity index is 1.39. The number of hydrogen-bond acceptors (Lipinski definition) is 4. The van der Waals surface area contributed by atoms with Gasteiger partial charge in [0.25, 0.3) is 0 Å². The molecule has 0 aromatic rings. The summed E-state index contributed by atoms with van der Waals surface area (Å²) in [6.07, 6.45) is 3.97. The molecule has 1 unspecified atom stereocenters. The molecule has 3 fully saturated rings. The van der Waals surface area contributed by atoms with E-state index in [2.05, 4.69) is 22.0 Å². The Labute approximate surface area is 146 Å².